The Kier molecular flexibility index (Phi) is 9.80. The molecule has 0 bridgehead atoms. The molecule has 0 aliphatic heterocycles. The Morgan fingerprint density at radius 1 is 1.64 bits per heavy atom. The molecular formula is C5H16GeN2O3. The van der Waals surface area contributed by atoms with Crippen molar-refractivity contribution in [2.45, 2.75) is 13.0 Å². The van der Waals surface area contributed by atoms with Gasteiger partial charge in [0.05, 0.1) is 0 Å². The van der Waals surface area contributed by atoms with E-state index in [2.05, 4.69) is 4.38 Å². The summed E-state index contributed by atoms with van der Waals surface area (Å²) < 4.78 is 3.05. The molecule has 6 heteroatoms. The summed E-state index contributed by atoms with van der Waals surface area (Å²) in [6, 6.07) is 0. The van der Waals surface area contributed by atoms with Crippen molar-refractivity contribution in [3.8, 4) is 0 Å². The number of hydrogen-bond acceptors (Lipinski definition) is 4. The number of nitrogens with zero attached hydrogens (tertiary/aromatic N) is 1. The van der Waals surface area contributed by atoms with Gasteiger partial charge in [-0.2, -0.15) is 0 Å². The molecule has 0 fully saturated rings. The van der Waals surface area contributed by atoms with Gasteiger partial charge in [0.1, 0.15) is 6.10 Å². The zero-order valence-corrected chi connectivity index (χ0v) is 11.5. The van der Waals surface area contributed by atoms with Crippen LogP contribution in [-0.2, 0) is 4.79 Å². The molecular weight excluding hydrogens is 209 g/mol. The van der Waals surface area contributed by atoms with Crippen LogP contribution >= 0.6 is 0 Å². The normalized spacial score (nSPS) is 12.1. The molecule has 1 unspecified atom stereocenters. The van der Waals surface area contributed by atoms with Crippen LogP contribution in [0.15, 0.2) is 0 Å². The Hall–Kier alpha value is -0.107. The maximum atomic E-state index is 9.45. The molecule has 0 heterocycles. The zero-order chi connectivity index (χ0) is 9.44. The monoisotopic (exact) mass is 226 g/mol. The molecule has 1 atom stereocenters. The molecule has 0 radical (unpaired) electrons. The minimum absolute atomic E-state index is 0.760. The van der Waals surface area contributed by atoms with Crippen LogP contribution in [0.25, 0.3) is 0 Å². The van der Waals surface area contributed by atoms with Gasteiger partial charge in [0, 0.05) is 0 Å². The summed E-state index contributed by atoms with van der Waals surface area (Å²) >= 11 is 0.760. The Bertz CT molecular complexity index is 108. The van der Waals surface area contributed by atoms with Crippen LogP contribution in [-0.4, -0.2) is 58.1 Å². The first kappa shape index (κ1) is 13.5. The van der Waals surface area contributed by atoms with Crippen LogP contribution in [0.2, 0.25) is 0 Å². The van der Waals surface area contributed by atoms with Gasteiger partial charge in [0.15, 0.2) is 0 Å². The van der Waals surface area contributed by atoms with Crippen molar-refractivity contribution in [3.63, 3.8) is 0 Å². The van der Waals surface area contributed by atoms with Crippen molar-refractivity contribution >= 4 is 22.7 Å². The molecule has 5 nitrogen and oxygen atoms in total. The molecule has 0 aromatic heterocycles. The van der Waals surface area contributed by atoms with Crippen LogP contribution in [0, 0.1) is 0 Å². The molecule has 0 aliphatic rings. The number of carbonyl (C=O) groups is 1. The van der Waals surface area contributed by atoms with E-state index in [1.807, 2.05) is 19.1 Å². The van der Waals surface area contributed by atoms with Crippen LogP contribution in [0.1, 0.15) is 6.92 Å². The topological polar surface area (TPSA) is 72.8 Å². The van der Waals surface area contributed by atoms with E-state index < -0.39 is 12.1 Å². The van der Waals surface area contributed by atoms with Crippen molar-refractivity contribution in [2.24, 2.45) is 0 Å². The Balaban J connectivity index is 0. The molecule has 0 aliphatic carbocycles. The van der Waals surface area contributed by atoms with Crippen LogP contribution < -0.4 is 4.38 Å². The number of aliphatic hydroxyl groups is 1. The molecule has 68 valence electrons. The van der Waals surface area contributed by atoms with Gasteiger partial charge in [-0.3, -0.25) is 0 Å². The van der Waals surface area contributed by atoms with Crippen LogP contribution in [0.3, 0.4) is 0 Å². The summed E-state index contributed by atoms with van der Waals surface area (Å²) in [6.45, 7) is 1.20. The van der Waals surface area contributed by atoms with E-state index in [9.17, 15) is 4.79 Å². The molecule has 0 aromatic rings. The standard InChI is InChI=1S/C3H6O3.C2H10GeN2/c1-2(4)3(5)6;1-5(2)4-3/h2,4H,1H3,(H,5,6);4H,1-3H3. The van der Waals surface area contributed by atoms with Crippen LogP contribution in [0.5, 0.6) is 0 Å². The van der Waals surface area contributed by atoms with Crippen molar-refractivity contribution < 1.29 is 15.0 Å². The quantitative estimate of drug-likeness (QED) is 0.366. The van der Waals surface area contributed by atoms with Crippen molar-refractivity contribution in [1.29, 1.82) is 0 Å². The van der Waals surface area contributed by atoms with E-state index >= 15 is 0 Å². The van der Waals surface area contributed by atoms with Gasteiger partial charge in [-0.15, -0.1) is 0 Å². The van der Waals surface area contributed by atoms with Crippen molar-refractivity contribution in [2.75, 3.05) is 14.1 Å². The van der Waals surface area contributed by atoms with Gasteiger partial charge < -0.3 is 10.2 Å². The molecule has 0 saturated carbocycles. The fourth-order valence-electron chi connectivity index (χ4n) is 0. The van der Waals surface area contributed by atoms with E-state index in [4.69, 9.17) is 10.2 Å². The molecule has 0 amide bonds. The first-order valence-electron chi connectivity index (χ1n) is 3.17. The average molecular weight is 225 g/mol. The van der Waals surface area contributed by atoms with E-state index in [0.717, 1.165) is 16.7 Å². The number of nitrogens with one attached hydrogen (secondary N) is 1. The Morgan fingerprint density at radius 2 is 1.82 bits per heavy atom. The fourth-order valence-corrected chi connectivity index (χ4v) is 0. The van der Waals surface area contributed by atoms with Gasteiger partial charge in [-0.25, -0.2) is 4.79 Å². The number of hydrazine groups is 1. The minimum atomic E-state index is -1.23. The fraction of sp³-hybridized carbons (Fsp3) is 0.800. The summed E-state index contributed by atoms with van der Waals surface area (Å²) in [5, 5.41) is 17.7. The van der Waals surface area contributed by atoms with Gasteiger partial charge in [-0.05, 0) is 6.92 Å². The summed E-state index contributed by atoms with van der Waals surface area (Å²) in [5.74, 6) is -1.19. The van der Waals surface area contributed by atoms with Crippen molar-refractivity contribution in [3.05, 3.63) is 0 Å². The van der Waals surface area contributed by atoms with Gasteiger partial charge in [0.2, 0.25) is 0 Å². The summed E-state index contributed by atoms with van der Waals surface area (Å²) in [4.78, 5) is 9.45. The number of aliphatic carboxylic acids is 1. The van der Waals surface area contributed by atoms with Crippen LogP contribution in [0.4, 0.5) is 0 Å². The molecule has 0 saturated heterocycles. The number of carboxylic acids is 1. The van der Waals surface area contributed by atoms with E-state index in [1.54, 1.807) is 0 Å². The number of hydrogen-bond donors (Lipinski definition) is 3. The first-order chi connectivity index (χ1) is 4.91. The molecule has 0 spiro atoms. The molecule has 3 N–H and O–H groups in total. The molecule has 0 aromatic carbocycles. The number of rotatable bonds is 2. The second kappa shape index (κ2) is 7.99. The van der Waals surface area contributed by atoms with Crippen molar-refractivity contribution in [1.82, 2.24) is 9.39 Å². The second-order valence-corrected chi connectivity index (χ2v) is 3.07. The first-order valence-corrected chi connectivity index (χ1v) is 5.27. The predicted molar refractivity (Wildman–Crippen MR) is 46.1 cm³/mol. The van der Waals surface area contributed by atoms with Gasteiger partial charge in [0.25, 0.3) is 0 Å². The summed E-state index contributed by atoms with van der Waals surface area (Å²) in [6.07, 6.45) is -1.23. The van der Waals surface area contributed by atoms with E-state index in [-0.39, 0.29) is 0 Å². The van der Waals surface area contributed by atoms with Gasteiger partial charge in [-0.1, -0.05) is 0 Å². The third-order valence-corrected chi connectivity index (χ3v) is 2.68. The van der Waals surface area contributed by atoms with Gasteiger partial charge >= 0.3 is 46.2 Å². The summed E-state index contributed by atoms with van der Waals surface area (Å²) in [7, 11) is 3.98. The average Bonchev–Trinajstić information content (AvgIpc) is 1.89. The third-order valence-electron chi connectivity index (χ3n) is 0.805. The Morgan fingerprint density at radius 3 is 1.82 bits per heavy atom. The number of aliphatic hydroxyl groups excluding tert-OH is 1. The third kappa shape index (κ3) is 17.7. The summed E-state index contributed by atoms with van der Waals surface area (Å²) in [5.41, 5.74) is 0. The Labute approximate surface area is 74.8 Å². The zero-order valence-electron chi connectivity index (χ0n) is 7.33. The maximum absolute atomic E-state index is 9.45. The SMILES string of the molecule is CC(O)C(=O)O.CN(C)[NH][GeH3]. The second-order valence-electron chi connectivity index (χ2n) is 2.13. The molecule has 0 rings (SSSR count). The molecule has 11 heavy (non-hydrogen) atoms. The predicted octanol–water partition coefficient (Wildman–Crippen LogP) is -2.22. The van der Waals surface area contributed by atoms with E-state index in [0.29, 0.717) is 0 Å². The number of carboxylic acid groups (broad SMARTS) is 1. The van der Waals surface area contributed by atoms with E-state index in [1.165, 1.54) is 6.92 Å².